The van der Waals surface area contributed by atoms with E-state index in [2.05, 4.69) is 5.32 Å². The van der Waals surface area contributed by atoms with Crippen molar-refractivity contribution in [3.63, 3.8) is 0 Å². The van der Waals surface area contributed by atoms with Crippen LogP contribution in [-0.4, -0.2) is 29.2 Å². The van der Waals surface area contributed by atoms with Gasteiger partial charge in [0.1, 0.15) is 0 Å². The molecule has 0 saturated carbocycles. The van der Waals surface area contributed by atoms with Crippen LogP contribution in [0, 0.1) is 0 Å². The van der Waals surface area contributed by atoms with Crippen molar-refractivity contribution in [3.8, 4) is 5.75 Å². The van der Waals surface area contributed by atoms with Gasteiger partial charge in [0, 0.05) is 30.7 Å². The zero-order valence-corrected chi connectivity index (χ0v) is 15.1. The lowest BCUT2D eigenvalue weighted by Gasteiger charge is -2.12. The standard InChI is InChI=1S/C21H20N2O4/c1-23-9-8-13-10-14(6-7-16(13)23)17(24)12-22-21(25)19-11-15-4-3-5-18(26-2)20(15)27-19/h3-11,17,24H,12H2,1-2H3,(H,22,25)/t17-/m0/s1. The van der Waals surface area contributed by atoms with Gasteiger partial charge in [-0.25, -0.2) is 0 Å². The number of furan rings is 1. The minimum Gasteiger partial charge on any atom is -0.493 e. The third-order valence-corrected chi connectivity index (χ3v) is 4.70. The molecule has 4 aromatic rings. The summed E-state index contributed by atoms with van der Waals surface area (Å²) < 4.78 is 12.9. The van der Waals surface area contributed by atoms with Gasteiger partial charge in [0.25, 0.3) is 5.91 Å². The molecule has 0 aliphatic rings. The SMILES string of the molecule is COc1cccc2cc(C(=O)NC[C@H](O)c3ccc4c(ccn4C)c3)oc12. The third-order valence-electron chi connectivity index (χ3n) is 4.70. The van der Waals surface area contributed by atoms with Crippen molar-refractivity contribution in [3.05, 3.63) is 66.1 Å². The highest BCUT2D eigenvalue weighted by atomic mass is 16.5. The van der Waals surface area contributed by atoms with E-state index in [1.807, 2.05) is 54.2 Å². The first-order chi connectivity index (χ1) is 13.1. The molecule has 4 rings (SSSR count). The quantitative estimate of drug-likeness (QED) is 0.569. The number of aliphatic hydroxyl groups is 1. The number of fused-ring (bicyclic) bond motifs is 2. The van der Waals surface area contributed by atoms with Crippen LogP contribution in [0.25, 0.3) is 21.9 Å². The summed E-state index contributed by atoms with van der Waals surface area (Å²) >= 11 is 0. The fourth-order valence-corrected chi connectivity index (χ4v) is 3.21. The van der Waals surface area contributed by atoms with Gasteiger partial charge in [0.05, 0.1) is 13.2 Å². The fraction of sp³-hybridized carbons (Fsp3) is 0.190. The number of nitrogens with one attached hydrogen (secondary N) is 1. The minimum absolute atomic E-state index is 0.0886. The van der Waals surface area contributed by atoms with Crippen molar-refractivity contribution in [2.75, 3.05) is 13.7 Å². The lowest BCUT2D eigenvalue weighted by atomic mass is 10.1. The second-order valence-electron chi connectivity index (χ2n) is 6.46. The number of ether oxygens (including phenoxy) is 1. The first-order valence-corrected chi connectivity index (χ1v) is 8.64. The molecule has 0 aliphatic carbocycles. The summed E-state index contributed by atoms with van der Waals surface area (Å²) in [5.41, 5.74) is 2.37. The molecule has 1 amide bonds. The fourth-order valence-electron chi connectivity index (χ4n) is 3.21. The highest BCUT2D eigenvalue weighted by Gasteiger charge is 2.16. The number of carbonyl (C=O) groups excluding carboxylic acids is 1. The van der Waals surface area contributed by atoms with Gasteiger partial charge in [-0.15, -0.1) is 0 Å². The van der Waals surface area contributed by atoms with E-state index in [0.29, 0.717) is 11.3 Å². The molecule has 0 radical (unpaired) electrons. The molecule has 2 N–H and O–H groups in total. The molecule has 6 nitrogen and oxygen atoms in total. The average molecular weight is 364 g/mol. The molecule has 1 atom stereocenters. The molecule has 0 fully saturated rings. The van der Waals surface area contributed by atoms with Crippen molar-refractivity contribution in [1.29, 1.82) is 0 Å². The number of carbonyl (C=O) groups is 1. The number of aryl methyl sites for hydroxylation is 1. The number of nitrogens with zero attached hydrogens (tertiary/aromatic N) is 1. The largest absolute Gasteiger partial charge is 0.493 e. The molecule has 6 heteroatoms. The molecule has 2 aromatic heterocycles. The molecular weight excluding hydrogens is 344 g/mol. The first-order valence-electron chi connectivity index (χ1n) is 8.64. The maximum atomic E-state index is 12.4. The van der Waals surface area contributed by atoms with Crippen LogP contribution in [-0.2, 0) is 7.05 Å². The summed E-state index contributed by atoms with van der Waals surface area (Å²) in [6, 6.07) is 14.9. The first kappa shape index (κ1) is 17.2. The van der Waals surface area contributed by atoms with Gasteiger partial charge in [-0.1, -0.05) is 18.2 Å². The number of aromatic nitrogens is 1. The Morgan fingerprint density at radius 2 is 2.07 bits per heavy atom. The van der Waals surface area contributed by atoms with Crippen LogP contribution in [0.3, 0.4) is 0 Å². The number of benzene rings is 2. The Bertz CT molecular complexity index is 1130. The number of hydrogen-bond acceptors (Lipinski definition) is 4. The second kappa shape index (κ2) is 6.81. The predicted octanol–water partition coefficient (Wildman–Crippen LogP) is 3.40. The Morgan fingerprint density at radius 3 is 2.89 bits per heavy atom. The Labute approximate surface area is 156 Å². The monoisotopic (exact) mass is 364 g/mol. The lowest BCUT2D eigenvalue weighted by Crippen LogP contribution is -2.28. The number of hydrogen-bond donors (Lipinski definition) is 2. The maximum Gasteiger partial charge on any atom is 0.287 e. The summed E-state index contributed by atoms with van der Waals surface area (Å²) in [5.74, 6) is 0.371. The van der Waals surface area contributed by atoms with Crippen LogP contribution >= 0.6 is 0 Å². The van der Waals surface area contributed by atoms with Gasteiger partial charge in [-0.2, -0.15) is 0 Å². The third kappa shape index (κ3) is 3.15. The highest BCUT2D eigenvalue weighted by Crippen LogP contribution is 2.28. The van der Waals surface area contributed by atoms with E-state index >= 15 is 0 Å². The van der Waals surface area contributed by atoms with Crippen molar-refractivity contribution in [2.45, 2.75) is 6.10 Å². The summed E-state index contributed by atoms with van der Waals surface area (Å²) in [7, 11) is 3.53. The van der Waals surface area contributed by atoms with Crippen molar-refractivity contribution < 1.29 is 19.1 Å². The molecular formula is C21H20N2O4. The van der Waals surface area contributed by atoms with Gasteiger partial charge < -0.3 is 24.1 Å². The van der Waals surface area contributed by atoms with Gasteiger partial charge in [-0.3, -0.25) is 4.79 Å². The van der Waals surface area contributed by atoms with Gasteiger partial charge in [-0.05, 0) is 41.3 Å². The van der Waals surface area contributed by atoms with Crippen molar-refractivity contribution in [2.24, 2.45) is 7.05 Å². The Morgan fingerprint density at radius 1 is 1.22 bits per heavy atom. The van der Waals surface area contributed by atoms with Gasteiger partial charge in [0.15, 0.2) is 17.1 Å². The number of aliphatic hydroxyl groups excluding tert-OH is 1. The number of rotatable bonds is 5. The second-order valence-corrected chi connectivity index (χ2v) is 6.46. The zero-order valence-electron chi connectivity index (χ0n) is 15.1. The minimum atomic E-state index is -0.808. The molecule has 0 bridgehead atoms. The van der Waals surface area contributed by atoms with E-state index in [1.165, 1.54) is 0 Å². The molecule has 0 spiro atoms. The van der Waals surface area contributed by atoms with E-state index in [0.717, 1.165) is 21.9 Å². The number of amides is 1. The normalized spacial score (nSPS) is 12.4. The Kier molecular flexibility index (Phi) is 4.33. The van der Waals surface area contributed by atoms with Crippen LogP contribution in [0.5, 0.6) is 5.75 Å². The molecule has 0 unspecified atom stereocenters. The van der Waals surface area contributed by atoms with E-state index in [-0.39, 0.29) is 18.2 Å². The zero-order chi connectivity index (χ0) is 19.0. The van der Waals surface area contributed by atoms with Crippen LogP contribution in [0.2, 0.25) is 0 Å². The van der Waals surface area contributed by atoms with Gasteiger partial charge >= 0.3 is 0 Å². The molecule has 0 saturated heterocycles. The maximum absolute atomic E-state index is 12.4. The lowest BCUT2D eigenvalue weighted by molar-refractivity contribution is 0.0891. The highest BCUT2D eigenvalue weighted by molar-refractivity contribution is 5.97. The summed E-state index contributed by atoms with van der Waals surface area (Å²) in [6.45, 7) is 0.0886. The average Bonchev–Trinajstić information content (AvgIpc) is 3.29. The van der Waals surface area contributed by atoms with Gasteiger partial charge in [0.2, 0.25) is 0 Å². The Balaban J connectivity index is 1.48. The van der Waals surface area contributed by atoms with Crippen LogP contribution in [0.15, 0.2) is 59.1 Å². The molecule has 27 heavy (non-hydrogen) atoms. The van der Waals surface area contributed by atoms with Crippen molar-refractivity contribution >= 4 is 27.8 Å². The molecule has 138 valence electrons. The van der Waals surface area contributed by atoms with Crippen LogP contribution in [0.1, 0.15) is 22.2 Å². The molecule has 2 aromatic carbocycles. The van der Waals surface area contributed by atoms with E-state index < -0.39 is 6.10 Å². The smallest absolute Gasteiger partial charge is 0.287 e. The van der Waals surface area contributed by atoms with Crippen LogP contribution < -0.4 is 10.1 Å². The number of para-hydroxylation sites is 1. The summed E-state index contributed by atoms with van der Waals surface area (Å²) in [5, 5.41) is 15.0. The van der Waals surface area contributed by atoms with E-state index in [1.54, 1.807) is 19.2 Å². The molecule has 2 heterocycles. The molecule has 0 aliphatic heterocycles. The topological polar surface area (TPSA) is 76.6 Å². The summed E-state index contributed by atoms with van der Waals surface area (Å²) in [4.78, 5) is 12.4. The Hall–Kier alpha value is -3.25. The van der Waals surface area contributed by atoms with Crippen LogP contribution in [0.4, 0.5) is 0 Å². The number of methoxy groups -OCH3 is 1. The van der Waals surface area contributed by atoms with E-state index in [9.17, 15) is 9.90 Å². The summed E-state index contributed by atoms with van der Waals surface area (Å²) in [6.07, 6.45) is 1.16. The predicted molar refractivity (Wildman–Crippen MR) is 103 cm³/mol. The van der Waals surface area contributed by atoms with Crippen molar-refractivity contribution in [1.82, 2.24) is 9.88 Å². The van der Waals surface area contributed by atoms with E-state index in [4.69, 9.17) is 9.15 Å².